The molecule has 2 aromatic carbocycles. The summed E-state index contributed by atoms with van der Waals surface area (Å²) in [6.45, 7) is -0.144. The lowest BCUT2D eigenvalue weighted by Gasteiger charge is -2.13. The standard InChI is InChI=1S/C24H20BrFN6O2/c1-32(2)20(33)13-27-23(34)19-12-11-17-21(16-5-3-4-6-18(16)25)30-24(31-22(17)29-19)28-15-9-7-14(26)8-10-15/h3-12H,13H2,1-2H3,(H,27,34)(H,28,29,30,31). The Morgan fingerprint density at radius 1 is 0.971 bits per heavy atom. The number of pyridine rings is 1. The third-order valence-corrected chi connectivity index (χ3v) is 5.61. The van der Waals surface area contributed by atoms with E-state index in [1.165, 1.54) is 17.0 Å². The number of anilines is 2. The summed E-state index contributed by atoms with van der Waals surface area (Å²) in [5.41, 5.74) is 2.41. The van der Waals surface area contributed by atoms with Crippen LogP contribution in [0.25, 0.3) is 22.3 Å². The number of nitrogens with one attached hydrogen (secondary N) is 2. The number of benzene rings is 2. The van der Waals surface area contributed by atoms with E-state index in [1.54, 1.807) is 38.4 Å². The Morgan fingerprint density at radius 2 is 1.71 bits per heavy atom. The smallest absolute Gasteiger partial charge is 0.270 e. The molecule has 0 saturated heterocycles. The predicted octanol–water partition coefficient (Wildman–Crippen LogP) is 4.16. The first-order valence-electron chi connectivity index (χ1n) is 10.3. The van der Waals surface area contributed by atoms with Crippen molar-refractivity contribution in [1.29, 1.82) is 0 Å². The highest BCUT2D eigenvalue weighted by Gasteiger charge is 2.17. The SMILES string of the molecule is CN(C)C(=O)CNC(=O)c1ccc2c(-c3ccccc3Br)nc(Nc3ccc(F)cc3)nc2n1. The average molecular weight is 523 g/mol. The number of nitrogens with zero attached hydrogens (tertiary/aromatic N) is 4. The van der Waals surface area contributed by atoms with Gasteiger partial charge in [-0.25, -0.2) is 14.4 Å². The molecule has 2 aromatic heterocycles. The van der Waals surface area contributed by atoms with Crippen molar-refractivity contribution in [2.75, 3.05) is 26.0 Å². The predicted molar refractivity (Wildman–Crippen MR) is 131 cm³/mol. The first kappa shape index (κ1) is 23.2. The Morgan fingerprint density at radius 3 is 2.41 bits per heavy atom. The number of hydrogen-bond donors (Lipinski definition) is 2. The van der Waals surface area contributed by atoms with Crippen LogP contribution in [0.5, 0.6) is 0 Å². The summed E-state index contributed by atoms with van der Waals surface area (Å²) >= 11 is 3.56. The Kier molecular flexibility index (Phi) is 6.78. The molecule has 0 radical (unpaired) electrons. The van der Waals surface area contributed by atoms with Gasteiger partial charge in [-0.1, -0.05) is 34.1 Å². The molecular formula is C24H20BrFN6O2. The number of amides is 2. The van der Waals surface area contributed by atoms with Gasteiger partial charge >= 0.3 is 0 Å². The summed E-state index contributed by atoms with van der Waals surface area (Å²) in [7, 11) is 3.22. The Bertz CT molecular complexity index is 1380. The Labute approximate surface area is 203 Å². The number of likely N-dealkylation sites (N-methyl/N-ethyl adjacent to an activating group) is 1. The molecule has 0 aliphatic heterocycles. The van der Waals surface area contributed by atoms with E-state index in [0.717, 1.165) is 10.0 Å². The van der Waals surface area contributed by atoms with Gasteiger partial charge in [-0.05, 0) is 42.5 Å². The molecule has 0 saturated carbocycles. The topological polar surface area (TPSA) is 100 Å². The molecule has 0 bridgehead atoms. The van der Waals surface area contributed by atoms with Crippen LogP contribution < -0.4 is 10.6 Å². The molecule has 172 valence electrons. The Hall–Kier alpha value is -3.92. The normalized spacial score (nSPS) is 10.7. The molecule has 2 amide bonds. The lowest BCUT2D eigenvalue weighted by Crippen LogP contribution is -2.36. The number of carbonyl (C=O) groups excluding carboxylic acids is 2. The number of halogens is 2. The average Bonchev–Trinajstić information content (AvgIpc) is 2.83. The van der Waals surface area contributed by atoms with Crippen LogP contribution in [0.15, 0.2) is 65.1 Å². The molecule has 0 unspecified atom stereocenters. The number of fused-ring (bicyclic) bond motifs is 1. The van der Waals surface area contributed by atoms with E-state index in [2.05, 4.69) is 41.5 Å². The van der Waals surface area contributed by atoms with Gasteiger partial charge in [-0.3, -0.25) is 9.59 Å². The monoisotopic (exact) mass is 522 g/mol. The number of hydrogen-bond acceptors (Lipinski definition) is 6. The third kappa shape index (κ3) is 5.18. The molecule has 2 heterocycles. The van der Waals surface area contributed by atoms with E-state index in [0.29, 0.717) is 16.8 Å². The summed E-state index contributed by atoms with van der Waals surface area (Å²) < 4.78 is 14.1. The largest absolute Gasteiger partial charge is 0.347 e. The molecule has 0 aliphatic rings. The van der Waals surface area contributed by atoms with Crippen molar-refractivity contribution in [1.82, 2.24) is 25.2 Å². The molecule has 0 fully saturated rings. The number of carbonyl (C=O) groups is 2. The van der Waals surface area contributed by atoms with Gasteiger partial charge in [-0.2, -0.15) is 4.98 Å². The van der Waals surface area contributed by atoms with Gasteiger partial charge in [-0.15, -0.1) is 0 Å². The minimum absolute atomic E-state index is 0.114. The molecule has 8 nitrogen and oxygen atoms in total. The summed E-state index contributed by atoms with van der Waals surface area (Å²) in [5, 5.41) is 6.26. The van der Waals surface area contributed by atoms with Gasteiger partial charge in [0.15, 0.2) is 5.65 Å². The maximum absolute atomic E-state index is 13.3. The highest BCUT2D eigenvalue weighted by atomic mass is 79.9. The summed E-state index contributed by atoms with van der Waals surface area (Å²) in [6, 6.07) is 16.7. The molecule has 0 spiro atoms. The molecule has 0 aliphatic carbocycles. The van der Waals surface area contributed by atoms with E-state index in [9.17, 15) is 14.0 Å². The number of aromatic nitrogens is 3. The van der Waals surface area contributed by atoms with Crippen molar-refractivity contribution in [3.63, 3.8) is 0 Å². The van der Waals surface area contributed by atoms with E-state index < -0.39 is 5.91 Å². The van der Waals surface area contributed by atoms with Crippen molar-refractivity contribution in [2.24, 2.45) is 0 Å². The first-order valence-corrected chi connectivity index (χ1v) is 11.1. The van der Waals surface area contributed by atoms with Gasteiger partial charge in [0.2, 0.25) is 11.9 Å². The van der Waals surface area contributed by atoms with Crippen molar-refractivity contribution >= 4 is 50.4 Å². The zero-order chi connectivity index (χ0) is 24.2. The van der Waals surface area contributed by atoms with Gasteiger partial charge in [0.1, 0.15) is 11.5 Å². The quantitative estimate of drug-likeness (QED) is 0.394. The van der Waals surface area contributed by atoms with Gasteiger partial charge < -0.3 is 15.5 Å². The fourth-order valence-corrected chi connectivity index (χ4v) is 3.59. The molecule has 4 rings (SSSR count). The lowest BCUT2D eigenvalue weighted by atomic mass is 10.1. The second kappa shape index (κ2) is 9.92. The minimum Gasteiger partial charge on any atom is -0.347 e. The summed E-state index contributed by atoms with van der Waals surface area (Å²) in [4.78, 5) is 39.3. The van der Waals surface area contributed by atoms with Crippen molar-refractivity contribution in [3.8, 4) is 11.3 Å². The molecule has 2 N–H and O–H groups in total. The van der Waals surface area contributed by atoms with Crippen LogP contribution in [0.1, 0.15) is 10.5 Å². The maximum Gasteiger partial charge on any atom is 0.270 e. The van der Waals surface area contributed by atoms with Crippen LogP contribution in [0, 0.1) is 5.82 Å². The van der Waals surface area contributed by atoms with Crippen LogP contribution in [0.3, 0.4) is 0 Å². The van der Waals surface area contributed by atoms with Crippen LogP contribution in [-0.2, 0) is 4.79 Å². The van der Waals surface area contributed by atoms with Crippen LogP contribution in [0.4, 0.5) is 16.0 Å². The van der Waals surface area contributed by atoms with Gasteiger partial charge in [0.25, 0.3) is 5.91 Å². The zero-order valence-corrected chi connectivity index (χ0v) is 19.9. The molecule has 4 aromatic rings. The Balaban J connectivity index is 1.76. The fraction of sp³-hybridized carbons (Fsp3) is 0.125. The minimum atomic E-state index is -0.494. The van der Waals surface area contributed by atoms with E-state index in [-0.39, 0.29) is 35.6 Å². The van der Waals surface area contributed by atoms with Crippen molar-refractivity contribution in [3.05, 3.63) is 76.6 Å². The van der Waals surface area contributed by atoms with E-state index in [4.69, 9.17) is 0 Å². The second-order valence-corrected chi connectivity index (χ2v) is 8.40. The first-order chi connectivity index (χ1) is 16.3. The van der Waals surface area contributed by atoms with Crippen molar-refractivity contribution < 1.29 is 14.0 Å². The van der Waals surface area contributed by atoms with Gasteiger partial charge in [0, 0.05) is 35.2 Å². The molecular weight excluding hydrogens is 503 g/mol. The summed E-state index contributed by atoms with van der Waals surface area (Å²) in [6.07, 6.45) is 0. The number of rotatable bonds is 6. The van der Waals surface area contributed by atoms with Crippen LogP contribution in [0.2, 0.25) is 0 Å². The van der Waals surface area contributed by atoms with E-state index >= 15 is 0 Å². The maximum atomic E-state index is 13.3. The zero-order valence-electron chi connectivity index (χ0n) is 18.3. The fourth-order valence-electron chi connectivity index (χ4n) is 3.12. The van der Waals surface area contributed by atoms with E-state index in [1.807, 2.05) is 24.3 Å². The molecule has 34 heavy (non-hydrogen) atoms. The van der Waals surface area contributed by atoms with Crippen LogP contribution in [-0.4, -0.2) is 52.3 Å². The second-order valence-electron chi connectivity index (χ2n) is 7.55. The van der Waals surface area contributed by atoms with Crippen LogP contribution >= 0.6 is 15.9 Å². The third-order valence-electron chi connectivity index (χ3n) is 4.92. The lowest BCUT2D eigenvalue weighted by molar-refractivity contribution is -0.127. The van der Waals surface area contributed by atoms with Gasteiger partial charge in [0.05, 0.1) is 12.2 Å². The molecule has 0 atom stereocenters. The molecule has 10 heteroatoms. The highest BCUT2D eigenvalue weighted by molar-refractivity contribution is 9.10. The highest BCUT2D eigenvalue weighted by Crippen LogP contribution is 2.32. The van der Waals surface area contributed by atoms with Crippen molar-refractivity contribution in [2.45, 2.75) is 0 Å². The summed E-state index contributed by atoms with van der Waals surface area (Å²) in [5.74, 6) is -0.855.